The van der Waals surface area contributed by atoms with E-state index in [1.54, 1.807) is 12.1 Å². The maximum absolute atomic E-state index is 12.1. The van der Waals surface area contributed by atoms with Crippen LogP contribution in [-0.2, 0) is 0 Å². The maximum Gasteiger partial charge on any atom is 0.251 e. The van der Waals surface area contributed by atoms with Crippen molar-refractivity contribution in [3.63, 3.8) is 0 Å². The summed E-state index contributed by atoms with van der Waals surface area (Å²) in [7, 11) is 3.84. The second-order valence-electron chi connectivity index (χ2n) is 5.36. The zero-order chi connectivity index (χ0) is 13.9. The second kappa shape index (κ2) is 5.29. The molecule has 18 heavy (non-hydrogen) atoms. The van der Waals surface area contributed by atoms with Crippen molar-refractivity contribution in [1.29, 1.82) is 0 Å². The van der Waals surface area contributed by atoms with Gasteiger partial charge in [0.05, 0.1) is 11.4 Å². The number of carbonyl (C=O) groups is 1. The zero-order valence-corrected chi connectivity index (χ0v) is 11.9. The largest absolute Gasteiger partial charge is 0.397 e. The molecule has 0 radical (unpaired) electrons. The SMILES string of the molecule is CCC(C)(C)NC(=O)c1ccc(N(C)C)c(N)c1. The van der Waals surface area contributed by atoms with Gasteiger partial charge in [0.2, 0.25) is 0 Å². The van der Waals surface area contributed by atoms with Crippen LogP contribution in [0.5, 0.6) is 0 Å². The minimum atomic E-state index is -0.202. The molecule has 0 fully saturated rings. The Bertz CT molecular complexity index is 439. The number of benzene rings is 1. The third kappa shape index (κ3) is 3.39. The number of hydrogen-bond donors (Lipinski definition) is 2. The predicted octanol–water partition coefficient (Wildman–Crippen LogP) is 2.25. The summed E-state index contributed by atoms with van der Waals surface area (Å²) in [6.45, 7) is 6.05. The van der Waals surface area contributed by atoms with Gasteiger partial charge in [0.15, 0.2) is 0 Å². The summed E-state index contributed by atoms with van der Waals surface area (Å²) < 4.78 is 0. The average molecular weight is 249 g/mol. The average Bonchev–Trinajstić information content (AvgIpc) is 2.27. The highest BCUT2D eigenvalue weighted by Gasteiger charge is 2.19. The second-order valence-corrected chi connectivity index (χ2v) is 5.36. The van der Waals surface area contributed by atoms with Gasteiger partial charge in [-0.05, 0) is 38.5 Å². The Hall–Kier alpha value is -1.71. The number of nitrogens with zero attached hydrogens (tertiary/aromatic N) is 1. The van der Waals surface area contributed by atoms with E-state index in [0.717, 1.165) is 12.1 Å². The van der Waals surface area contributed by atoms with E-state index in [2.05, 4.69) is 5.32 Å². The molecule has 1 rings (SSSR count). The molecule has 4 nitrogen and oxygen atoms in total. The summed E-state index contributed by atoms with van der Waals surface area (Å²) in [6.07, 6.45) is 0.879. The number of nitrogen functional groups attached to an aromatic ring is 1. The monoisotopic (exact) mass is 249 g/mol. The van der Waals surface area contributed by atoms with Crippen LogP contribution in [0, 0.1) is 0 Å². The molecule has 0 bridgehead atoms. The number of amides is 1. The van der Waals surface area contributed by atoms with Crippen LogP contribution in [0.4, 0.5) is 11.4 Å². The standard InChI is InChI=1S/C14H23N3O/c1-6-14(2,3)16-13(18)10-7-8-12(17(4)5)11(15)9-10/h7-9H,6,15H2,1-5H3,(H,16,18). The number of nitrogens with one attached hydrogen (secondary N) is 1. The topological polar surface area (TPSA) is 58.4 Å². The van der Waals surface area contributed by atoms with Gasteiger partial charge < -0.3 is 16.0 Å². The van der Waals surface area contributed by atoms with E-state index in [4.69, 9.17) is 5.73 Å². The molecule has 0 saturated heterocycles. The van der Waals surface area contributed by atoms with Gasteiger partial charge in [0, 0.05) is 25.2 Å². The summed E-state index contributed by atoms with van der Waals surface area (Å²) >= 11 is 0. The first-order chi connectivity index (χ1) is 8.26. The fraction of sp³-hybridized carbons (Fsp3) is 0.500. The summed E-state index contributed by atoms with van der Waals surface area (Å²) in [6, 6.07) is 5.38. The molecule has 0 heterocycles. The van der Waals surface area contributed by atoms with Crippen LogP contribution < -0.4 is 16.0 Å². The Kier molecular flexibility index (Phi) is 4.22. The lowest BCUT2D eigenvalue weighted by molar-refractivity contribution is 0.0911. The first-order valence-electron chi connectivity index (χ1n) is 6.16. The van der Waals surface area contributed by atoms with E-state index in [9.17, 15) is 4.79 Å². The van der Waals surface area contributed by atoms with Crippen molar-refractivity contribution in [2.24, 2.45) is 0 Å². The van der Waals surface area contributed by atoms with Crippen LogP contribution in [0.3, 0.4) is 0 Å². The Labute approximate surface area is 109 Å². The zero-order valence-electron chi connectivity index (χ0n) is 11.9. The first-order valence-corrected chi connectivity index (χ1v) is 6.16. The quantitative estimate of drug-likeness (QED) is 0.805. The van der Waals surface area contributed by atoms with E-state index in [-0.39, 0.29) is 11.4 Å². The number of rotatable bonds is 4. The molecule has 1 aromatic carbocycles. The van der Waals surface area contributed by atoms with Gasteiger partial charge in [0.1, 0.15) is 0 Å². The van der Waals surface area contributed by atoms with Crippen LogP contribution in [0.1, 0.15) is 37.6 Å². The lowest BCUT2D eigenvalue weighted by Gasteiger charge is -2.25. The highest BCUT2D eigenvalue weighted by molar-refractivity contribution is 5.96. The van der Waals surface area contributed by atoms with Crippen LogP contribution in [0.2, 0.25) is 0 Å². The molecule has 100 valence electrons. The minimum Gasteiger partial charge on any atom is -0.397 e. The normalized spacial score (nSPS) is 11.2. The van der Waals surface area contributed by atoms with E-state index in [0.29, 0.717) is 11.3 Å². The number of carbonyl (C=O) groups excluding carboxylic acids is 1. The molecule has 1 aromatic rings. The smallest absolute Gasteiger partial charge is 0.251 e. The molecule has 0 aliphatic heterocycles. The van der Waals surface area contributed by atoms with Crippen LogP contribution in [-0.4, -0.2) is 25.5 Å². The molecular weight excluding hydrogens is 226 g/mol. The highest BCUT2D eigenvalue weighted by atomic mass is 16.1. The molecule has 1 amide bonds. The molecule has 3 N–H and O–H groups in total. The van der Waals surface area contributed by atoms with Gasteiger partial charge in [-0.1, -0.05) is 6.92 Å². The molecule has 0 spiro atoms. The van der Waals surface area contributed by atoms with Crippen LogP contribution >= 0.6 is 0 Å². The van der Waals surface area contributed by atoms with Crippen molar-refractivity contribution in [2.75, 3.05) is 24.7 Å². The fourth-order valence-electron chi connectivity index (χ4n) is 1.57. The number of anilines is 2. The van der Waals surface area contributed by atoms with Gasteiger partial charge in [-0.15, -0.1) is 0 Å². The van der Waals surface area contributed by atoms with Crippen molar-refractivity contribution in [3.8, 4) is 0 Å². The summed E-state index contributed by atoms with van der Waals surface area (Å²) in [5, 5.41) is 2.99. The van der Waals surface area contributed by atoms with Crippen LogP contribution in [0.15, 0.2) is 18.2 Å². The molecule has 0 atom stereocenters. The van der Waals surface area contributed by atoms with Gasteiger partial charge in [-0.3, -0.25) is 4.79 Å². The predicted molar refractivity (Wildman–Crippen MR) is 77.0 cm³/mol. The van der Waals surface area contributed by atoms with Crippen molar-refractivity contribution in [1.82, 2.24) is 5.32 Å². The summed E-state index contributed by atoms with van der Waals surface area (Å²) in [5.41, 5.74) is 7.86. The van der Waals surface area contributed by atoms with E-state index in [1.807, 2.05) is 45.8 Å². The number of hydrogen-bond acceptors (Lipinski definition) is 3. The summed E-state index contributed by atoms with van der Waals surface area (Å²) in [4.78, 5) is 14.0. The molecule has 4 heteroatoms. The van der Waals surface area contributed by atoms with E-state index < -0.39 is 0 Å². The number of nitrogens with two attached hydrogens (primary N) is 1. The third-order valence-corrected chi connectivity index (χ3v) is 3.11. The van der Waals surface area contributed by atoms with E-state index in [1.165, 1.54) is 0 Å². The first kappa shape index (κ1) is 14.4. The Morgan fingerprint density at radius 2 is 2.00 bits per heavy atom. The van der Waals surface area contributed by atoms with Gasteiger partial charge >= 0.3 is 0 Å². The van der Waals surface area contributed by atoms with Crippen molar-refractivity contribution in [3.05, 3.63) is 23.8 Å². The van der Waals surface area contributed by atoms with E-state index >= 15 is 0 Å². The Morgan fingerprint density at radius 3 is 2.44 bits per heavy atom. The van der Waals surface area contributed by atoms with Gasteiger partial charge in [-0.25, -0.2) is 0 Å². The van der Waals surface area contributed by atoms with Crippen molar-refractivity contribution < 1.29 is 4.79 Å². The molecule has 0 aromatic heterocycles. The van der Waals surface area contributed by atoms with Gasteiger partial charge in [-0.2, -0.15) is 0 Å². The highest BCUT2D eigenvalue weighted by Crippen LogP contribution is 2.22. The summed E-state index contributed by atoms with van der Waals surface area (Å²) in [5.74, 6) is -0.0844. The molecule has 0 unspecified atom stereocenters. The molecule has 0 aliphatic carbocycles. The van der Waals surface area contributed by atoms with Crippen molar-refractivity contribution in [2.45, 2.75) is 32.7 Å². The van der Waals surface area contributed by atoms with Gasteiger partial charge in [0.25, 0.3) is 5.91 Å². The lowest BCUT2D eigenvalue weighted by Crippen LogP contribution is -2.42. The third-order valence-electron chi connectivity index (χ3n) is 3.11. The van der Waals surface area contributed by atoms with Crippen molar-refractivity contribution >= 4 is 17.3 Å². The Balaban J connectivity index is 2.92. The molecular formula is C14H23N3O. The lowest BCUT2D eigenvalue weighted by atomic mass is 10.0. The minimum absolute atomic E-state index is 0.0844. The molecule has 0 saturated carbocycles. The molecule has 0 aliphatic rings. The fourth-order valence-corrected chi connectivity index (χ4v) is 1.57. The Morgan fingerprint density at radius 1 is 1.39 bits per heavy atom. The van der Waals surface area contributed by atoms with Crippen LogP contribution in [0.25, 0.3) is 0 Å². The maximum atomic E-state index is 12.1.